The summed E-state index contributed by atoms with van der Waals surface area (Å²) in [5.74, 6) is -5.36. The highest BCUT2D eigenvalue weighted by atomic mass is 16.6. The standard InChI is InChI=1S/C50H61N7O11/c1-9-11-15-23-41(58)52-31(4)25-30(3)45(61)55-47(63)40-26-34(27-43(60)68-40)20-16-13-12-14-17-24-42(59)53-32(5)46(62)54-44(33(6)67-8)50(66)57-38(10-2)48(64)56(7)39(49(57)65)28-35-29-51-37-22-19-18-21-36(35)37/h9-12,14-15,17-19,21-25,27,29,31,33,39-40,44,47,51,63H,5,13,16,20,26,28H2,1-4,6-8H3,(H,52,58)(H,53,59)(H,54,62)(H,55,61)/b11-9+,14-12+,23-15-,24-17-,30-25?,38-10-/t31?,33?,39-,40?,44?,47?/m1/s1. The summed E-state index contributed by atoms with van der Waals surface area (Å²) in [6, 6.07) is 4.51. The van der Waals surface area contributed by atoms with E-state index in [-0.39, 0.29) is 30.0 Å². The maximum absolute atomic E-state index is 14.2. The molecule has 1 aromatic carbocycles. The lowest BCUT2D eigenvalue weighted by molar-refractivity contribution is -0.158. The third-order valence-corrected chi connectivity index (χ3v) is 11.1. The van der Waals surface area contributed by atoms with Gasteiger partial charge in [-0.05, 0) is 65.5 Å². The van der Waals surface area contributed by atoms with Gasteiger partial charge < -0.3 is 45.7 Å². The first-order valence-corrected chi connectivity index (χ1v) is 22.1. The zero-order valence-electron chi connectivity index (χ0n) is 39.4. The van der Waals surface area contributed by atoms with Gasteiger partial charge in [0.2, 0.25) is 17.7 Å². The van der Waals surface area contributed by atoms with Gasteiger partial charge in [-0.3, -0.25) is 33.6 Å². The molecule has 0 aliphatic carbocycles. The molecular formula is C50H61N7O11. The summed E-state index contributed by atoms with van der Waals surface area (Å²) in [6.45, 7) is 11.7. The number of amides is 7. The molecule has 6 atom stereocenters. The first-order valence-electron chi connectivity index (χ1n) is 22.1. The van der Waals surface area contributed by atoms with Gasteiger partial charge in [0, 0.05) is 73.9 Å². The molecule has 6 N–H and O–H groups in total. The van der Waals surface area contributed by atoms with Gasteiger partial charge in [0.1, 0.15) is 17.8 Å². The van der Waals surface area contributed by atoms with Gasteiger partial charge in [-0.25, -0.2) is 9.69 Å². The third-order valence-electron chi connectivity index (χ3n) is 11.1. The number of aromatic amines is 1. The van der Waals surface area contributed by atoms with E-state index in [1.807, 2.05) is 31.2 Å². The monoisotopic (exact) mass is 935 g/mol. The molecule has 18 heteroatoms. The minimum absolute atomic E-state index is 0.112. The number of carbonyl (C=O) groups excluding carboxylic acids is 8. The summed E-state index contributed by atoms with van der Waals surface area (Å²) in [5, 5.41) is 21.6. The number of nitrogens with one attached hydrogen (secondary N) is 5. The average molecular weight is 936 g/mol. The van der Waals surface area contributed by atoms with Crippen LogP contribution in [0.25, 0.3) is 10.9 Å². The van der Waals surface area contributed by atoms with Crippen molar-refractivity contribution in [3.63, 3.8) is 0 Å². The number of esters is 1. The normalized spacial score (nSPS) is 19.4. The van der Waals surface area contributed by atoms with Crippen molar-refractivity contribution >= 4 is 58.2 Å². The van der Waals surface area contributed by atoms with Crippen molar-refractivity contribution in [2.45, 2.75) is 103 Å². The van der Waals surface area contributed by atoms with Crippen molar-refractivity contribution in [1.29, 1.82) is 0 Å². The number of allylic oxidation sites excluding steroid dienone is 7. The zero-order chi connectivity index (χ0) is 50.1. The van der Waals surface area contributed by atoms with Crippen LogP contribution in [0.1, 0.15) is 65.9 Å². The fraction of sp³-hybridized carbons (Fsp3) is 0.360. The van der Waals surface area contributed by atoms with Crippen molar-refractivity contribution in [2.24, 2.45) is 0 Å². The number of ether oxygens (including phenoxy) is 2. The lowest BCUT2D eigenvalue weighted by atomic mass is 9.98. The summed E-state index contributed by atoms with van der Waals surface area (Å²) >= 11 is 0. The van der Waals surface area contributed by atoms with Crippen LogP contribution in [0.3, 0.4) is 0 Å². The van der Waals surface area contributed by atoms with E-state index < -0.39 is 83.7 Å². The van der Waals surface area contributed by atoms with Crippen molar-refractivity contribution in [1.82, 2.24) is 36.1 Å². The molecule has 1 saturated heterocycles. The number of unbranched alkanes of at least 4 members (excludes halogenated alkanes) is 1. The molecule has 18 nitrogen and oxygen atoms in total. The Hall–Kier alpha value is -7.44. The van der Waals surface area contributed by atoms with Crippen LogP contribution in [-0.4, -0.2) is 118 Å². The van der Waals surface area contributed by atoms with Crippen molar-refractivity contribution in [2.75, 3.05) is 14.2 Å². The number of piperazine rings is 1. The van der Waals surface area contributed by atoms with E-state index in [1.165, 1.54) is 70.2 Å². The number of rotatable bonds is 21. The Kier molecular flexibility index (Phi) is 19.9. The second kappa shape index (κ2) is 25.5. The van der Waals surface area contributed by atoms with Gasteiger partial charge in [0.25, 0.3) is 23.6 Å². The molecule has 7 amide bonds. The SMILES string of the molecule is C=C(NC(=O)/C=C\C=C\CCCC1=CC(=O)OC(C(O)NC(=O)C(C)=CC(C)NC(=O)/C=C\C=C\C)C1)C(=O)NC(C(=O)N1C(=O)[C@@H](Cc2c[nH]c3ccccc23)N(C)C(=O)/C1=C/C)C(C)OC. The largest absolute Gasteiger partial charge is 0.454 e. The van der Waals surface area contributed by atoms with E-state index in [4.69, 9.17) is 9.47 Å². The first kappa shape index (κ1) is 53.2. The van der Waals surface area contributed by atoms with Crippen molar-refractivity contribution in [3.05, 3.63) is 132 Å². The number of imide groups is 1. The Bertz CT molecular complexity index is 2470. The molecule has 0 radical (unpaired) electrons. The van der Waals surface area contributed by atoms with E-state index in [9.17, 15) is 43.5 Å². The highest BCUT2D eigenvalue weighted by molar-refractivity contribution is 6.14. The third kappa shape index (κ3) is 14.5. The highest BCUT2D eigenvalue weighted by Gasteiger charge is 2.47. The molecule has 3 heterocycles. The minimum Gasteiger partial charge on any atom is -0.454 e. The fourth-order valence-corrected chi connectivity index (χ4v) is 7.38. The van der Waals surface area contributed by atoms with E-state index in [0.717, 1.165) is 33.0 Å². The number of hydrogen-bond donors (Lipinski definition) is 6. The number of likely N-dealkylation sites (N-methyl/N-ethyl adjacent to an activating group) is 1. The van der Waals surface area contributed by atoms with Crippen molar-refractivity contribution < 1.29 is 52.9 Å². The number of cyclic esters (lactones) is 1. The van der Waals surface area contributed by atoms with Crippen LogP contribution in [0.5, 0.6) is 0 Å². The minimum atomic E-state index is -1.48. The quantitative estimate of drug-likeness (QED) is 0.0348. The summed E-state index contributed by atoms with van der Waals surface area (Å²) in [5.41, 5.74) is 2.00. The smallest absolute Gasteiger partial charge is 0.331 e. The van der Waals surface area contributed by atoms with E-state index in [2.05, 4.69) is 32.8 Å². The predicted molar refractivity (Wildman–Crippen MR) is 254 cm³/mol. The molecule has 0 bridgehead atoms. The van der Waals surface area contributed by atoms with Gasteiger partial charge >= 0.3 is 5.97 Å². The van der Waals surface area contributed by atoms with Crippen LogP contribution in [0.15, 0.2) is 126 Å². The molecule has 362 valence electrons. The Morgan fingerprint density at radius 3 is 2.40 bits per heavy atom. The topological polar surface area (TPSA) is 246 Å². The molecule has 1 aromatic heterocycles. The van der Waals surface area contributed by atoms with Crippen LogP contribution in [0.4, 0.5) is 0 Å². The molecule has 68 heavy (non-hydrogen) atoms. The van der Waals surface area contributed by atoms with Gasteiger partial charge in [-0.15, -0.1) is 0 Å². The number of aliphatic hydroxyl groups is 1. The second-order valence-electron chi connectivity index (χ2n) is 16.2. The number of benzene rings is 1. The number of methoxy groups -OCH3 is 1. The Morgan fingerprint density at radius 2 is 1.69 bits per heavy atom. The summed E-state index contributed by atoms with van der Waals surface area (Å²) in [6.07, 6.45) is 16.9. The van der Waals surface area contributed by atoms with Crippen LogP contribution in [-0.2, 0) is 54.3 Å². The van der Waals surface area contributed by atoms with Crippen LogP contribution in [0, 0.1) is 0 Å². The number of carbonyl (C=O) groups is 8. The van der Waals surface area contributed by atoms with Gasteiger partial charge in [0.05, 0.1) is 11.8 Å². The van der Waals surface area contributed by atoms with Crippen LogP contribution in [0.2, 0.25) is 0 Å². The number of hydrogen-bond acceptors (Lipinski definition) is 11. The molecule has 2 aliphatic rings. The number of nitrogens with zero attached hydrogens (tertiary/aromatic N) is 2. The van der Waals surface area contributed by atoms with E-state index >= 15 is 0 Å². The lowest BCUT2D eigenvalue weighted by Gasteiger charge is -2.40. The number of para-hydroxylation sites is 1. The number of aromatic nitrogens is 1. The average Bonchev–Trinajstić information content (AvgIpc) is 3.72. The second-order valence-corrected chi connectivity index (χ2v) is 16.2. The summed E-state index contributed by atoms with van der Waals surface area (Å²) in [7, 11) is 2.81. The Morgan fingerprint density at radius 1 is 0.985 bits per heavy atom. The number of H-pyrrole nitrogens is 1. The molecule has 2 aromatic rings. The van der Waals surface area contributed by atoms with Crippen molar-refractivity contribution in [3.8, 4) is 0 Å². The molecule has 0 spiro atoms. The summed E-state index contributed by atoms with van der Waals surface area (Å²) in [4.78, 5) is 110. The Labute approximate surface area is 395 Å². The molecule has 4 rings (SSSR count). The van der Waals surface area contributed by atoms with E-state index in [1.54, 1.807) is 43.5 Å². The highest BCUT2D eigenvalue weighted by Crippen LogP contribution is 2.27. The number of aliphatic hydroxyl groups excluding tert-OH is 1. The maximum Gasteiger partial charge on any atom is 0.331 e. The molecule has 0 saturated carbocycles. The predicted octanol–water partition coefficient (Wildman–Crippen LogP) is 3.50. The first-order chi connectivity index (χ1) is 32.4. The Balaban J connectivity index is 1.26. The molecule has 2 aliphatic heterocycles. The molecule has 1 fully saturated rings. The van der Waals surface area contributed by atoms with Gasteiger partial charge in [0.15, 0.2) is 12.3 Å². The fourth-order valence-electron chi connectivity index (χ4n) is 7.38. The van der Waals surface area contributed by atoms with Gasteiger partial charge in [-0.1, -0.05) is 79.0 Å². The summed E-state index contributed by atoms with van der Waals surface area (Å²) < 4.78 is 10.7. The zero-order valence-corrected chi connectivity index (χ0v) is 39.4. The van der Waals surface area contributed by atoms with Crippen LogP contribution >= 0.6 is 0 Å². The number of fused-ring (bicyclic) bond motifs is 1. The van der Waals surface area contributed by atoms with E-state index in [0.29, 0.717) is 19.3 Å². The van der Waals surface area contributed by atoms with Gasteiger partial charge in [-0.2, -0.15) is 0 Å². The molecular weight excluding hydrogens is 875 g/mol. The maximum atomic E-state index is 14.2. The molecule has 5 unspecified atom stereocenters. The lowest BCUT2D eigenvalue weighted by Crippen LogP contribution is -2.64. The van der Waals surface area contributed by atoms with Crippen LogP contribution < -0.4 is 21.3 Å².